The Bertz CT molecular complexity index is 1100. The van der Waals surface area contributed by atoms with Crippen molar-refractivity contribution in [1.29, 1.82) is 0 Å². The number of benzene rings is 2. The Hall–Kier alpha value is -2.03. The van der Waals surface area contributed by atoms with Crippen molar-refractivity contribution >= 4 is 26.0 Å². The van der Waals surface area contributed by atoms with Gasteiger partial charge in [-0.15, -0.1) is 0 Å². The predicted octanol–water partition coefficient (Wildman–Crippen LogP) is 4.32. The molecule has 0 saturated heterocycles. The van der Waals surface area contributed by atoms with Gasteiger partial charge in [0.2, 0.25) is 10.0 Å². The Kier molecular flexibility index (Phi) is 4.65. The molecule has 0 saturated carbocycles. The molecule has 0 bridgehead atoms. The van der Waals surface area contributed by atoms with Gasteiger partial charge in [-0.25, -0.2) is 17.2 Å². The molecule has 4 nitrogen and oxygen atoms in total. The van der Waals surface area contributed by atoms with Gasteiger partial charge in [-0.2, -0.15) is 4.31 Å². The average molecular weight is 453 g/mol. The first kappa shape index (κ1) is 18.3. The maximum absolute atomic E-state index is 13.9. The van der Waals surface area contributed by atoms with E-state index in [0.717, 1.165) is 16.6 Å². The zero-order valence-electron chi connectivity index (χ0n) is 14.0. The van der Waals surface area contributed by atoms with Crippen molar-refractivity contribution in [2.75, 3.05) is 6.54 Å². The molecule has 0 N–H and O–H groups in total. The van der Waals surface area contributed by atoms with E-state index in [-0.39, 0.29) is 11.4 Å². The second-order valence-corrected chi connectivity index (χ2v) is 9.08. The lowest BCUT2D eigenvalue weighted by atomic mass is 10.0. The lowest BCUT2D eigenvalue weighted by molar-refractivity contribution is 0.297. The fourth-order valence-corrected chi connectivity index (χ4v) is 5.23. The number of nitrogens with zero attached hydrogens (tertiary/aromatic N) is 2. The molecule has 1 unspecified atom stereocenters. The normalized spacial score (nSPS) is 17.7. The second-order valence-electron chi connectivity index (χ2n) is 6.27. The van der Waals surface area contributed by atoms with Crippen molar-refractivity contribution in [3.63, 3.8) is 0 Å². The number of sulfonamides is 1. The highest BCUT2D eigenvalue weighted by Gasteiger charge is 2.37. The molecule has 1 atom stereocenters. The predicted molar refractivity (Wildman–Crippen MR) is 101 cm³/mol. The van der Waals surface area contributed by atoms with Gasteiger partial charge in [0.05, 0.1) is 10.9 Å². The van der Waals surface area contributed by atoms with Crippen LogP contribution < -0.4 is 0 Å². The summed E-state index contributed by atoms with van der Waals surface area (Å²) < 4.78 is 57.9. The summed E-state index contributed by atoms with van der Waals surface area (Å²) >= 11 is 3.30. The van der Waals surface area contributed by atoms with Crippen LogP contribution in [0.15, 0.2) is 70.2 Å². The molecule has 0 aliphatic carbocycles. The van der Waals surface area contributed by atoms with Gasteiger partial charge < -0.3 is 4.57 Å². The highest BCUT2D eigenvalue weighted by atomic mass is 79.9. The number of aromatic nitrogens is 1. The van der Waals surface area contributed by atoms with E-state index in [4.69, 9.17) is 0 Å². The summed E-state index contributed by atoms with van der Waals surface area (Å²) in [4.78, 5) is 0.151. The number of fused-ring (bicyclic) bond motifs is 1. The van der Waals surface area contributed by atoms with Crippen LogP contribution >= 0.6 is 15.9 Å². The van der Waals surface area contributed by atoms with Crippen molar-refractivity contribution in [3.05, 3.63) is 88.2 Å². The first-order chi connectivity index (χ1) is 12.9. The second kappa shape index (κ2) is 6.85. The summed E-state index contributed by atoms with van der Waals surface area (Å²) in [5.74, 6) is -1.97. The van der Waals surface area contributed by atoms with E-state index in [1.165, 1.54) is 22.5 Å². The van der Waals surface area contributed by atoms with Gasteiger partial charge >= 0.3 is 0 Å². The molecule has 1 aliphatic rings. The molecule has 0 fully saturated rings. The van der Waals surface area contributed by atoms with E-state index in [1.807, 2.05) is 16.8 Å². The largest absolute Gasteiger partial charge is 0.348 e. The molecular weight excluding hydrogens is 438 g/mol. The van der Waals surface area contributed by atoms with Gasteiger partial charge in [0.25, 0.3) is 0 Å². The van der Waals surface area contributed by atoms with Crippen LogP contribution in [0.25, 0.3) is 0 Å². The van der Waals surface area contributed by atoms with E-state index in [2.05, 4.69) is 15.9 Å². The Labute approximate surface area is 164 Å². The third-order valence-electron chi connectivity index (χ3n) is 4.67. The topological polar surface area (TPSA) is 42.3 Å². The van der Waals surface area contributed by atoms with Crippen LogP contribution in [-0.4, -0.2) is 23.8 Å². The van der Waals surface area contributed by atoms with Gasteiger partial charge in [-0.1, -0.05) is 22.0 Å². The molecule has 0 amide bonds. The summed E-state index contributed by atoms with van der Waals surface area (Å²) in [5, 5.41) is 0. The van der Waals surface area contributed by atoms with Crippen LogP contribution in [0.2, 0.25) is 0 Å². The number of rotatable bonds is 3. The van der Waals surface area contributed by atoms with Gasteiger partial charge in [0, 0.05) is 29.5 Å². The molecule has 4 rings (SSSR count). The summed E-state index contributed by atoms with van der Waals surface area (Å²) in [6.45, 7) is 0.710. The Morgan fingerprint density at radius 2 is 1.70 bits per heavy atom. The maximum Gasteiger partial charge on any atom is 0.244 e. The van der Waals surface area contributed by atoms with Crippen LogP contribution in [0.5, 0.6) is 0 Å². The first-order valence-corrected chi connectivity index (χ1v) is 10.5. The zero-order valence-corrected chi connectivity index (χ0v) is 16.4. The van der Waals surface area contributed by atoms with Crippen molar-refractivity contribution in [2.45, 2.75) is 17.5 Å². The average Bonchev–Trinajstić information content (AvgIpc) is 3.12. The molecule has 3 aromatic rings. The minimum absolute atomic E-state index is 0.151. The number of hydrogen-bond donors (Lipinski definition) is 0. The maximum atomic E-state index is 13.9. The quantitative estimate of drug-likeness (QED) is 0.593. The summed E-state index contributed by atoms with van der Waals surface area (Å²) in [5.41, 5.74) is 1.10. The molecule has 2 aromatic carbocycles. The molecule has 140 valence electrons. The zero-order chi connectivity index (χ0) is 19.2. The molecule has 8 heteroatoms. The molecule has 0 radical (unpaired) electrons. The SMILES string of the molecule is O=S(=O)(c1ccc(Br)cc1)N1CCn2cccc2C1c1ccc(F)c(F)c1. The Balaban J connectivity index is 1.85. The van der Waals surface area contributed by atoms with Crippen LogP contribution in [0, 0.1) is 11.6 Å². The highest BCUT2D eigenvalue weighted by molar-refractivity contribution is 9.10. The van der Waals surface area contributed by atoms with Crippen molar-refractivity contribution in [1.82, 2.24) is 8.87 Å². The van der Waals surface area contributed by atoms with Crippen LogP contribution in [0.1, 0.15) is 17.3 Å². The summed E-state index contributed by atoms with van der Waals surface area (Å²) in [6, 6.07) is 12.8. The lowest BCUT2D eigenvalue weighted by Crippen LogP contribution is -2.42. The smallest absolute Gasteiger partial charge is 0.244 e. The third-order valence-corrected chi connectivity index (χ3v) is 7.08. The molecular formula is C19H15BrF2N2O2S. The number of halogens is 3. The Morgan fingerprint density at radius 3 is 2.41 bits per heavy atom. The van der Waals surface area contributed by atoms with Gasteiger partial charge in [-0.3, -0.25) is 0 Å². The first-order valence-electron chi connectivity index (χ1n) is 8.25. The summed E-state index contributed by atoms with van der Waals surface area (Å²) in [6.07, 6.45) is 1.85. The van der Waals surface area contributed by atoms with Crippen LogP contribution in [-0.2, 0) is 16.6 Å². The van der Waals surface area contributed by atoms with E-state index in [9.17, 15) is 17.2 Å². The van der Waals surface area contributed by atoms with E-state index in [0.29, 0.717) is 17.8 Å². The monoisotopic (exact) mass is 452 g/mol. The van der Waals surface area contributed by atoms with Gasteiger partial charge in [-0.05, 0) is 54.1 Å². The highest BCUT2D eigenvalue weighted by Crippen LogP contribution is 2.37. The Morgan fingerprint density at radius 1 is 0.963 bits per heavy atom. The lowest BCUT2D eigenvalue weighted by Gasteiger charge is -2.36. The summed E-state index contributed by atoms with van der Waals surface area (Å²) in [7, 11) is -3.84. The number of hydrogen-bond acceptors (Lipinski definition) is 2. The standard InChI is InChI=1S/C19H15BrF2N2O2S/c20-14-4-6-15(7-5-14)27(25,26)24-11-10-23-9-1-2-18(23)19(24)13-3-8-16(21)17(22)12-13/h1-9,12,19H,10-11H2. The van der Waals surface area contributed by atoms with Crippen molar-refractivity contribution in [3.8, 4) is 0 Å². The minimum Gasteiger partial charge on any atom is -0.348 e. The third kappa shape index (κ3) is 3.22. The van der Waals surface area contributed by atoms with E-state index >= 15 is 0 Å². The van der Waals surface area contributed by atoms with Crippen molar-refractivity contribution < 1.29 is 17.2 Å². The van der Waals surface area contributed by atoms with Crippen LogP contribution in [0.4, 0.5) is 8.78 Å². The van der Waals surface area contributed by atoms with Crippen molar-refractivity contribution in [2.24, 2.45) is 0 Å². The minimum atomic E-state index is -3.84. The van der Waals surface area contributed by atoms with Crippen LogP contribution in [0.3, 0.4) is 0 Å². The van der Waals surface area contributed by atoms with E-state index < -0.39 is 27.7 Å². The molecule has 2 heterocycles. The van der Waals surface area contributed by atoms with Gasteiger partial charge in [0.15, 0.2) is 11.6 Å². The fourth-order valence-electron chi connectivity index (χ4n) is 3.38. The van der Waals surface area contributed by atoms with Gasteiger partial charge in [0.1, 0.15) is 0 Å². The molecule has 1 aliphatic heterocycles. The fraction of sp³-hybridized carbons (Fsp3) is 0.158. The molecule has 1 aromatic heterocycles. The molecule has 27 heavy (non-hydrogen) atoms. The molecule has 0 spiro atoms. The van der Waals surface area contributed by atoms with E-state index in [1.54, 1.807) is 18.2 Å².